The molecule has 1 heterocycles. The molecule has 1 amide bonds. The molecule has 1 saturated heterocycles. The zero-order chi connectivity index (χ0) is 17.7. The van der Waals surface area contributed by atoms with E-state index in [1.165, 1.54) is 5.56 Å². The van der Waals surface area contributed by atoms with E-state index in [9.17, 15) is 4.79 Å². The SMILES string of the molecule is CC(C)Cc1ccc(C(C)NC(=O)CN2CCOCC2(C)C)cc1. The maximum atomic E-state index is 12.4. The van der Waals surface area contributed by atoms with Crippen molar-refractivity contribution in [3.63, 3.8) is 0 Å². The van der Waals surface area contributed by atoms with Gasteiger partial charge in [0.25, 0.3) is 0 Å². The lowest BCUT2D eigenvalue weighted by molar-refractivity contribution is -0.127. The first-order valence-corrected chi connectivity index (χ1v) is 8.99. The molecule has 1 fully saturated rings. The summed E-state index contributed by atoms with van der Waals surface area (Å²) in [7, 11) is 0. The maximum Gasteiger partial charge on any atom is 0.234 e. The van der Waals surface area contributed by atoms with Crippen molar-refractivity contribution in [2.75, 3.05) is 26.3 Å². The van der Waals surface area contributed by atoms with Gasteiger partial charge in [-0.2, -0.15) is 0 Å². The van der Waals surface area contributed by atoms with Gasteiger partial charge < -0.3 is 10.1 Å². The molecule has 1 aromatic rings. The van der Waals surface area contributed by atoms with Crippen LogP contribution in [-0.4, -0.2) is 42.6 Å². The van der Waals surface area contributed by atoms with E-state index < -0.39 is 0 Å². The van der Waals surface area contributed by atoms with Crippen molar-refractivity contribution in [2.45, 2.75) is 52.6 Å². The van der Waals surface area contributed by atoms with Crippen molar-refractivity contribution in [1.29, 1.82) is 0 Å². The second-order valence-corrected chi connectivity index (χ2v) is 7.92. The lowest BCUT2D eigenvalue weighted by Gasteiger charge is -2.41. The molecule has 0 saturated carbocycles. The summed E-state index contributed by atoms with van der Waals surface area (Å²) in [6.45, 7) is 13.3. The molecule has 0 aromatic heterocycles. The van der Waals surface area contributed by atoms with Crippen LogP contribution >= 0.6 is 0 Å². The minimum atomic E-state index is -0.0860. The Kier molecular flexibility index (Phi) is 6.41. The zero-order valence-electron chi connectivity index (χ0n) is 15.8. The van der Waals surface area contributed by atoms with Crippen LogP contribution in [0.5, 0.6) is 0 Å². The minimum absolute atomic E-state index is 0.0229. The molecule has 134 valence electrons. The van der Waals surface area contributed by atoms with Gasteiger partial charge in [-0.3, -0.25) is 9.69 Å². The monoisotopic (exact) mass is 332 g/mol. The van der Waals surface area contributed by atoms with Crippen LogP contribution in [0.2, 0.25) is 0 Å². The first-order chi connectivity index (χ1) is 11.3. The summed E-state index contributed by atoms with van der Waals surface area (Å²) in [4.78, 5) is 14.6. The summed E-state index contributed by atoms with van der Waals surface area (Å²) in [6.07, 6.45) is 1.09. The van der Waals surface area contributed by atoms with Crippen molar-refractivity contribution >= 4 is 5.91 Å². The second kappa shape index (κ2) is 8.13. The molecule has 2 rings (SSSR count). The van der Waals surface area contributed by atoms with Crippen molar-refractivity contribution in [3.8, 4) is 0 Å². The van der Waals surface area contributed by atoms with E-state index in [0.717, 1.165) is 18.5 Å². The normalized spacial score (nSPS) is 19.2. The third-order valence-electron chi connectivity index (χ3n) is 4.65. The van der Waals surface area contributed by atoms with E-state index in [1.807, 2.05) is 6.92 Å². The molecule has 1 aliphatic heterocycles. The lowest BCUT2D eigenvalue weighted by atomic mass is 10.00. The number of amides is 1. The van der Waals surface area contributed by atoms with Crippen LogP contribution in [0, 0.1) is 5.92 Å². The van der Waals surface area contributed by atoms with Gasteiger partial charge in [-0.05, 0) is 44.2 Å². The van der Waals surface area contributed by atoms with Gasteiger partial charge >= 0.3 is 0 Å². The van der Waals surface area contributed by atoms with Gasteiger partial charge in [0.1, 0.15) is 0 Å². The number of carbonyl (C=O) groups excluding carboxylic acids is 1. The molecular weight excluding hydrogens is 300 g/mol. The van der Waals surface area contributed by atoms with E-state index >= 15 is 0 Å². The standard InChI is InChI=1S/C20H32N2O2/c1-15(2)12-17-6-8-18(9-7-17)16(3)21-19(23)13-22-10-11-24-14-20(22,4)5/h6-9,15-16H,10-14H2,1-5H3,(H,21,23). The van der Waals surface area contributed by atoms with Gasteiger partial charge in [-0.15, -0.1) is 0 Å². The predicted octanol–water partition coefficient (Wildman–Crippen LogP) is 3.17. The summed E-state index contributed by atoms with van der Waals surface area (Å²) < 4.78 is 5.51. The Bertz CT molecular complexity index is 537. The number of ether oxygens (including phenoxy) is 1. The van der Waals surface area contributed by atoms with Gasteiger partial charge in [0.15, 0.2) is 0 Å². The number of hydrogen-bond donors (Lipinski definition) is 1. The quantitative estimate of drug-likeness (QED) is 0.870. The zero-order valence-corrected chi connectivity index (χ0v) is 15.8. The highest BCUT2D eigenvalue weighted by atomic mass is 16.5. The molecule has 1 N–H and O–H groups in total. The Morgan fingerprint density at radius 3 is 2.50 bits per heavy atom. The molecule has 0 bridgehead atoms. The molecular formula is C20H32N2O2. The summed E-state index contributed by atoms with van der Waals surface area (Å²) in [5.74, 6) is 0.730. The average Bonchev–Trinajstić information content (AvgIpc) is 2.49. The summed E-state index contributed by atoms with van der Waals surface area (Å²) in [6, 6.07) is 8.61. The number of nitrogens with zero attached hydrogens (tertiary/aromatic N) is 1. The highest BCUT2D eigenvalue weighted by Gasteiger charge is 2.31. The first-order valence-electron chi connectivity index (χ1n) is 8.99. The van der Waals surface area contributed by atoms with Crippen LogP contribution in [0.4, 0.5) is 0 Å². The number of morpholine rings is 1. The van der Waals surface area contributed by atoms with Gasteiger partial charge in [-0.25, -0.2) is 0 Å². The Labute approximate surface area is 146 Å². The Morgan fingerprint density at radius 1 is 1.25 bits per heavy atom. The van der Waals surface area contributed by atoms with Crippen molar-refractivity contribution in [1.82, 2.24) is 10.2 Å². The fourth-order valence-corrected chi connectivity index (χ4v) is 3.14. The van der Waals surface area contributed by atoms with Crippen molar-refractivity contribution in [3.05, 3.63) is 35.4 Å². The fraction of sp³-hybridized carbons (Fsp3) is 0.650. The Balaban J connectivity index is 1.89. The minimum Gasteiger partial charge on any atom is -0.378 e. The molecule has 0 aliphatic carbocycles. The first kappa shape index (κ1) is 18.9. The van der Waals surface area contributed by atoms with E-state index in [0.29, 0.717) is 25.7 Å². The number of hydrogen-bond acceptors (Lipinski definition) is 3. The highest BCUT2D eigenvalue weighted by Crippen LogP contribution is 2.19. The summed E-state index contributed by atoms with van der Waals surface area (Å²) in [5, 5.41) is 3.12. The molecule has 1 aromatic carbocycles. The Morgan fingerprint density at radius 2 is 1.92 bits per heavy atom. The smallest absolute Gasteiger partial charge is 0.234 e. The molecule has 4 heteroatoms. The Hall–Kier alpha value is -1.39. The molecule has 0 radical (unpaired) electrons. The molecule has 24 heavy (non-hydrogen) atoms. The third-order valence-corrected chi connectivity index (χ3v) is 4.65. The molecule has 1 aliphatic rings. The van der Waals surface area contributed by atoms with Crippen molar-refractivity contribution in [2.24, 2.45) is 5.92 Å². The summed E-state index contributed by atoms with van der Waals surface area (Å²) in [5.41, 5.74) is 2.41. The maximum absolute atomic E-state index is 12.4. The van der Waals surface area contributed by atoms with Crippen LogP contribution < -0.4 is 5.32 Å². The van der Waals surface area contributed by atoms with Crippen LogP contribution in [0.1, 0.15) is 51.8 Å². The third kappa shape index (κ3) is 5.32. The van der Waals surface area contributed by atoms with E-state index in [-0.39, 0.29) is 17.5 Å². The predicted molar refractivity (Wildman–Crippen MR) is 98.0 cm³/mol. The van der Waals surface area contributed by atoms with Crippen LogP contribution in [0.15, 0.2) is 24.3 Å². The van der Waals surface area contributed by atoms with E-state index in [2.05, 4.69) is 62.2 Å². The van der Waals surface area contributed by atoms with Gasteiger partial charge in [0.2, 0.25) is 5.91 Å². The number of nitrogens with one attached hydrogen (secondary N) is 1. The van der Waals surface area contributed by atoms with Gasteiger partial charge in [-0.1, -0.05) is 38.1 Å². The largest absolute Gasteiger partial charge is 0.378 e. The van der Waals surface area contributed by atoms with Crippen molar-refractivity contribution < 1.29 is 9.53 Å². The van der Waals surface area contributed by atoms with Gasteiger partial charge in [0.05, 0.1) is 25.8 Å². The van der Waals surface area contributed by atoms with Crippen LogP contribution in [-0.2, 0) is 16.0 Å². The average molecular weight is 332 g/mol. The second-order valence-electron chi connectivity index (χ2n) is 7.92. The molecule has 0 spiro atoms. The van der Waals surface area contributed by atoms with Crippen LogP contribution in [0.25, 0.3) is 0 Å². The number of carbonyl (C=O) groups is 1. The fourth-order valence-electron chi connectivity index (χ4n) is 3.14. The lowest BCUT2D eigenvalue weighted by Crippen LogP contribution is -2.55. The number of rotatable bonds is 6. The van der Waals surface area contributed by atoms with E-state index in [4.69, 9.17) is 4.74 Å². The van der Waals surface area contributed by atoms with Crippen LogP contribution in [0.3, 0.4) is 0 Å². The molecule has 4 nitrogen and oxygen atoms in total. The molecule has 1 unspecified atom stereocenters. The van der Waals surface area contributed by atoms with Gasteiger partial charge in [0, 0.05) is 12.1 Å². The topological polar surface area (TPSA) is 41.6 Å². The summed E-state index contributed by atoms with van der Waals surface area (Å²) >= 11 is 0. The van der Waals surface area contributed by atoms with E-state index in [1.54, 1.807) is 0 Å². The number of benzene rings is 1. The molecule has 1 atom stereocenters. The highest BCUT2D eigenvalue weighted by molar-refractivity contribution is 5.78.